The molecule has 0 saturated carbocycles. The van der Waals surface area contributed by atoms with Crippen LogP contribution >= 0.6 is 0 Å². The molecule has 2 saturated heterocycles. The van der Waals surface area contributed by atoms with E-state index in [-0.39, 0.29) is 23.1 Å². The molecule has 0 aromatic rings. The highest BCUT2D eigenvalue weighted by Crippen LogP contribution is 2.35. The van der Waals surface area contributed by atoms with Crippen LogP contribution < -0.4 is 0 Å². The van der Waals surface area contributed by atoms with Gasteiger partial charge in [0, 0.05) is 24.7 Å². The molecular weight excluding hydrogens is 228 g/mol. The van der Waals surface area contributed by atoms with Gasteiger partial charge in [-0.05, 0) is 26.2 Å². The van der Waals surface area contributed by atoms with Crippen molar-refractivity contribution in [2.24, 2.45) is 5.41 Å². The van der Waals surface area contributed by atoms with Gasteiger partial charge in [0.05, 0.1) is 6.04 Å². The smallest absolute Gasteiger partial charge is 0.410 e. The molecule has 4 nitrogen and oxygen atoms in total. The molecule has 104 valence electrons. The predicted octanol–water partition coefficient (Wildman–Crippen LogP) is 2.34. The first-order chi connectivity index (χ1) is 8.10. The monoisotopic (exact) mass is 254 g/mol. The van der Waals surface area contributed by atoms with E-state index in [0.717, 1.165) is 13.1 Å². The largest absolute Gasteiger partial charge is 0.447 e. The van der Waals surface area contributed by atoms with Crippen molar-refractivity contribution < 1.29 is 9.53 Å². The van der Waals surface area contributed by atoms with Gasteiger partial charge in [0.25, 0.3) is 0 Å². The van der Waals surface area contributed by atoms with Crippen LogP contribution in [0.5, 0.6) is 0 Å². The molecule has 0 aromatic carbocycles. The maximum Gasteiger partial charge on any atom is 0.410 e. The second-order valence-electron chi connectivity index (χ2n) is 7.59. The molecule has 0 spiro atoms. The summed E-state index contributed by atoms with van der Waals surface area (Å²) in [6, 6.07) is 0.606. The summed E-state index contributed by atoms with van der Waals surface area (Å²) in [4.78, 5) is 16.2. The summed E-state index contributed by atoms with van der Waals surface area (Å²) in [5.41, 5.74) is 0.275. The topological polar surface area (TPSA) is 32.8 Å². The standard InChI is InChI=1S/C14H26N2O2/c1-13(2,3)11-8-15-10(9-18-12(15)17)7-16(11)14(4,5)6/h10-11H,7-9H2,1-6H3. The summed E-state index contributed by atoms with van der Waals surface area (Å²) in [7, 11) is 0. The first kappa shape index (κ1) is 13.7. The Morgan fingerprint density at radius 3 is 2.22 bits per heavy atom. The highest BCUT2D eigenvalue weighted by atomic mass is 16.6. The molecule has 4 heteroatoms. The maximum absolute atomic E-state index is 11.7. The van der Waals surface area contributed by atoms with Crippen LogP contribution in [0.3, 0.4) is 0 Å². The van der Waals surface area contributed by atoms with Crippen LogP contribution in [-0.4, -0.2) is 53.2 Å². The molecule has 0 radical (unpaired) electrons. The minimum atomic E-state index is -0.136. The molecule has 2 fully saturated rings. The van der Waals surface area contributed by atoms with E-state index < -0.39 is 0 Å². The number of carbonyl (C=O) groups excluding carboxylic acids is 1. The summed E-state index contributed by atoms with van der Waals surface area (Å²) in [6.45, 7) is 15.7. The van der Waals surface area contributed by atoms with E-state index in [1.807, 2.05) is 4.90 Å². The SMILES string of the molecule is CC(C)(C)C1CN2C(=O)OCC2CN1C(C)(C)C. The summed E-state index contributed by atoms with van der Waals surface area (Å²) >= 11 is 0. The van der Waals surface area contributed by atoms with Gasteiger partial charge < -0.3 is 4.74 Å². The minimum Gasteiger partial charge on any atom is -0.447 e. The maximum atomic E-state index is 11.7. The Morgan fingerprint density at radius 1 is 1.11 bits per heavy atom. The van der Waals surface area contributed by atoms with Gasteiger partial charge in [0.2, 0.25) is 0 Å². The summed E-state index contributed by atoms with van der Waals surface area (Å²) in [5, 5.41) is 0. The number of rotatable bonds is 0. The third kappa shape index (κ3) is 2.35. The van der Waals surface area contributed by atoms with Crippen LogP contribution in [-0.2, 0) is 4.74 Å². The zero-order valence-electron chi connectivity index (χ0n) is 12.5. The highest BCUT2D eigenvalue weighted by molar-refractivity contribution is 5.70. The lowest BCUT2D eigenvalue weighted by Crippen LogP contribution is -2.65. The second kappa shape index (κ2) is 4.12. The Balaban J connectivity index is 2.26. The zero-order chi connectivity index (χ0) is 13.7. The Kier molecular flexibility index (Phi) is 3.13. The number of cyclic esters (lactones) is 1. The third-order valence-electron chi connectivity index (χ3n) is 4.09. The zero-order valence-corrected chi connectivity index (χ0v) is 12.5. The van der Waals surface area contributed by atoms with E-state index in [2.05, 4.69) is 46.4 Å². The second-order valence-corrected chi connectivity index (χ2v) is 7.59. The molecule has 0 bridgehead atoms. The third-order valence-corrected chi connectivity index (χ3v) is 4.09. The van der Waals surface area contributed by atoms with Crippen molar-refractivity contribution >= 4 is 6.09 Å². The van der Waals surface area contributed by atoms with E-state index in [9.17, 15) is 4.79 Å². The fourth-order valence-electron chi connectivity index (χ4n) is 2.99. The van der Waals surface area contributed by atoms with Crippen LogP contribution in [0.1, 0.15) is 41.5 Å². The summed E-state index contributed by atoms with van der Waals surface area (Å²) in [5.74, 6) is 0. The molecular formula is C14H26N2O2. The summed E-state index contributed by atoms with van der Waals surface area (Å²) < 4.78 is 5.18. The molecule has 2 unspecified atom stereocenters. The van der Waals surface area contributed by atoms with E-state index in [1.165, 1.54) is 0 Å². The molecule has 1 amide bonds. The highest BCUT2D eigenvalue weighted by Gasteiger charge is 2.47. The lowest BCUT2D eigenvalue weighted by molar-refractivity contribution is -0.0388. The van der Waals surface area contributed by atoms with Gasteiger partial charge in [-0.25, -0.2) is 4.79 Å². The van der Waals surface area contributed by atoms with Crippen LogP contribution in [0.4, 0.5) is 4.79 Å². The average molecular weight is 254 g/mol. The molecule has 2 heterocycles. The van der Waals surface area contributed by atoms with Gasteiger partial charge in [0.15, 0.2) is 0 Å². The Hall–Kier alpha value is -0.770. The normalized spacial score (nSPS) is 30.3. The number of carbonyl (C=O) groups is 1. The van der Waals surface area contributed by atoms with Crippen molar-refractivity contribution in [3.8, 4) is 0 Å². The van der Waals surface area contributed by atoms with E-state index in [0.29, 0.717) is 12.6 Å². The lowest BCUT2D eigenvalue weighted by atomic mass is 9.81. The molecule has 2 atom stereocenters. The van der Waals surface area contributed by atoms with Gasteiger partial charge in [0.1, 0.15) is 6.61 Å². The van der Waals surface area contributed by atoms with Crippen molar-refractivity contribution in [1.82, 2.24) is 9.80 Å². The Morgan fingerprint density at radius 2 is 1.72 bits per heavy atom. The number of hydrogen-bond acceptors (Lipinski definition) is 3. The summed E-state index contributed by atoms with van der Waals surface area (Å²) in [6.07, 6.45) is -0.136. The van der Waals surface area contributed by atoms with E-state index >= 15 is 0 Å². The average Bonchev–Trinajstić information content (AvgIpc) is 2.56. The van der Waals surface area contributed by atoms with Crippen LogP contribution in [0.2, 0.25) is 0 Å². The number of nitrogens with zero attached hydrogens (tertiary/aromatic N) is 2. The molecule has 0 aromatic heterocycles. The van der Waals surface area contributed by atoms with E-state index in [1.54, 1.807) is 0 Å². The molecule has 0 aliphatic carbocycles. The minimum absolute atomic E-state index is 0.121. The number of amides is 1. The van der Waals surface area contributed by atoms with Gasteiger partial charge in [-0.1, -0.05) is 20.8 Å². The molecule has 0 N–H and O–H groups in total. The number of hydrogen-bond donors (Lipinski definition) is 0. The first-order valence-corrected chi connectivity index (χ1v) is 6.81. The van der Waals surface area contributed by atoms with Gasteiger partial charge in [-0.2, -0.15) is 0 Å². The molecule has 2 aliphatic rings. The van der Waals surface area contributed by atoms with E-state index in [4.69, 9.17) is 4.74 Å². The van der Waals surface area contributed by atoms with Crippen LogP contribution in [0.25, 0.3) is 0 Å². The van der Waals surface area contributed by atoms with Gasteiger partial charge >= 0.3 is 6.09 Å². The van der Waals surface area contributed by atoms with Crippen molar-refractivity contribution in [1.29, 1.82) is 0 Å². The fourth-order valence-corrected chi connectivity index (χ4v) is 2.99. The quantitative estimate of drug-likeness (QED) is 0.665. The van der Waals surface area contributed by atoms with Crippen LogP contribution in [0.15, 0.2) is 0 Å². The Bertz CT molecular complexity index is 341. The molecule has 2 rings (SSSR count). The first-order valence-electron chi connectivity index (χ1n) is 6.81. The van der Waals surface area contributed by atoms with Crippen molar-refractivity contribution in [2.45, 2.75) is 59.2 Å². The predicted molar refractivity (Wildman–Crippen MR) is 71.5 cm³/mol. The van der Waals surface area contributed by atoms with Gasteiger partial charge in [-0.15, -0.1) is 0 Å². The number of ether oxygens (including phenoxy) is 1. The fraction of sp³-hybridized carbons (Fsp3) is 0.929. The number of piperazine rings is 1. The van der Waals surface area contributed by atoms with Crippen molar-refractivity contribution in [3.63, 3.8) is 0 Å². The number of fused-ring (bicyclic) bond motifs is 1. The molecule has 2 aliphatic heterocycles. The molecule has 18 heavy (non-hydrogen) atoms. The lowest BCUT2D eigenvalue weighted by Gasteiger charge is -2.53. The van der Waals surface area contributed by atoms with Gasteiger partial charge in [-0.3, -0.25) is 9.80 Å². The Labute approximate surface area is 110 Å². The van der Waals surface area contributed by atoms with Crippen LogP contribution in [0, 0.1) is 5.41 Å². The van der Waals surface area contributed by atoms with Crippen molar-refractivity contribution in [3.05, 3.63) is 0 Å². The van der Waals surface area contributed by atoms with Crippen molar-refractivity contribution in [2.75, 3.05) is 19.7 Å².